The van der Waals surface area contributed by atoms with Gasteiger partial charge in [-0.25, -0.2) is 0 Å². The first-order valence-electron chi connectivity index (χ1n) is 8.19. The second kappa shape index (κ2) is 9.38. The molecule has 0 aliphatic rings. The van der Waals surface area contributed by atoms with Crippen molar-refractivity contribution in [3.63, 3.8) is 0 Å². The lowest BCUT2D eigenvalue weighted by Gasteiger charge is -2.16. The van der Waals surface area contributed by atoms with E-state index in [1.807, 2.05) is 62.0 Å². The van der Waals surface area contributed by atoms with Crippen LogP contribution in [0.15, 0.2) is 48.5 Å². The number of carbonyl (C=O) groups is 1. The monoisotopic (exact) mass is 343 g/mol. The van der Waals surface area contributed by atoms with E-state index in [4.69, 9.17) is 4.74 Å². The number of thioether (sulfide) groups is 1. The van der Waals surface area contributed by atoms with Crippen molar-refractivity contribution in [2.24, 2.45) is 0 Å². The first kappa shape index (κ1) is 18.4. The normalized spacial score (nSPS) is 11.8. The molecule has 0 fully saturated rings. The first-order chi connectivity index (χ1) is 11.6. The summed E-state index contributed by atoms with van der Waals surface area (Å²) in [5.41, 5.74) is 3.47. The molecule has 1 amide bonds. The van der Waals surface area contributed by atoms with E-state index in [1.54, 1.807) is 6.92 Å². The van der Waals surface area contributed by atoms with Crippen LogP contribution in [-0.4, -0.2) is 24.3 Å². The van der Waals surface area contributed by atoms with Crippen molar-refractivity contribution in [3.8, 4) is 5.75 Å². The van der Waals surface area contributed by atoms with E-state index < -0.39 is 6.10 Å². The molecule has 0 aromatic heterocycles. The molecule has 0 radical (unpaired) electrons. The lowest BCUT2D eigenvalue weighted by atomic mass is 10.1. The molecule has 0 aliphatic carbocycles. The Balaban J connectivity index is 1.69. The third kappa shape index (κ3) is 5.93. The number of benzene rings is 2. The van der Waals surface area contributed by atoms with E-state index in [1.165, 1.54) is 5.56 Å². The standard InChI is InChI=1S/C20H25NO2S/c1-15-9-10-16(2)19(13-15)23-17(3)20(22)21-11-12-24-14-18-7-5-4-6-8-18/h4-10,13,17H,11-12,14H2,1-3H3,(H,21,22). The zero-order valence-electron chi connectivity index (χ0n) is 14.5. The highest BCUT2D eigenvalue weighted by molar-refractivity contribution is 7.98. The molecule has 2 rings (SSSR count). The van der Waals surface area contributed by atoms with Gasteiger partial charge in [-0.1, -0.05) is 42.5 Å². The molecule has 2 aromatic carbocycles. The fourth-order valence-corrected chi connectivity index (χ4v) is 3.05. The molecule has 0 saturated carbocycles. The number of aryl methyl sites for hydroxylation is 2. The Morgan fingerprint density at radius 1 is 1.17 bits per heavy atom. The van der Waals surface area contributed by atoms with Gasteiger partial charge < -0.3 is 10.1 Å². The summed E-state index contributed by atoms with van der Waals surface area (Å²) < 4.78 is 5.80. The number of amides is 1. The summed E-state index contributed by atoms with van der Waals surface area (Å²) in [6.07, 6.45) is -0.496. The van der Waals surface area contributed by atoms with Crippen LogP contribution in [0.1, 0.15) is 23.6 Å². The van der Waals surface area contributed by atoms with Crippen molar-refractivity contribution in [1.29, 1.82) is 0 Å². The second-order valence-corrected chi connectivity index (χ2v) is 6.96. The molecule has 24 heavy (non-hydrogen) atoms. The average molecular weight is 343 g/mol. The van der Waals surface area contributed by atoms with Crippen LogP contribution >= 0.6 is 11.8 Å². The molecule has 3 nitrogen and oxygen atoms in total. The van der Waals surface area contributed by atoms with Crippen LogP contribution in [0.25, 0.3) is 0 Å². The molecule has 0 aliphatic heterocycles. The number of rotatable bonds is 8. The SMILES string of the molecule is Cc1ccc(C)c(OC(C)C(=O)NCCSCc2ccccc2)c1. The van der Waals surface area contributed by atoms with Gasteiger partial charge in [0.05, 0.1) is 0 Å². The Bertz CT molecular complexity index is 658. The van der Waals surface area contributed by atoms with Crippen LogP contribution in [0.5, 0.6) is 5.75 Å². The number of nitrogens with one attached hydrogen (secondary N) is 1. The maximum atomic E-state index is 12.1. The van der Waals surface area contributed by atoms with Crippen LogP contribution in [0.4, 0.5) is 0 Å². The molecule has 0 bridgehead atoms. The maximum Gasteiger partial charge on any atom is 0.260 e. The van der Waals surface area contributed by atoms with Gasteiger partial charge in [-0.15, -0.1) is 0 Å². The predicted molar refractivity (Wildman–Crippen MR) is 102 cm³/mol. The largest absolute Gasteiger partial charge is 0.481 e. The summed E-state index contributed by atoms with van der Waals surface area (Å²) in [6, 6.07) is 16.4. The fraction of sp³-hybridized carbons (Fsp3) is 0.350. The van der Waals surface area contributed by atoms with E-state index in [0.29, 0.717) is 6.54 Å². The molecular weight excluding hydrogens is 318 g/mol. The van der Waals surface area contributed by atoms with Crippen molar-refractivity contribution in [2.75, 3.05) is 12.3 Å². The Kier molecular flexibility index (Phi) is 7.19. The number of hydrogen-bond donors (Lipinski definition) is 1. The Morgan fingerprint density at radius 2 is 1.92 bits per heavy atom. The molecular formula is C20H25NO2S. The molecule has 1 atom stereocenters. The van der Waals surface area contributed by atoms with Gasteiger partial charge >= 0.3 is 0 Å². The Hall–Kier alpha value is -1.94. The topological polar surface area (TPSA) is 38.3 Å². The minimum Gasteiger partial charge on any atom is -0.481 e. The summed E-state index contributed by atoms with van der Waals surface area (Å²) in [5.74, 6) is 2.55. The lowest BCUT2D eigenvalue weighted by molar-refractivity contribution is -0.127. The highest BCUT2D eigenvalue weighted by atomic mass is 32.2. The third-order valence-electron chi connectivity index (χ3n) is 3.67. The minimum atomic E-state index is -0.496. The molecule has 1 N–H and O–H groups in total. The first-order valence-corrected chi connectivity index (χ1v) is 9.35. The predicted octanol–water partition coefficient (Wildman–Crippen LogP) is 4.12. The summed E-state index contributed by atoms with van der Waals surface area (Å²) in [6.45, 7) is 6.44. The molecule has 0 heterocycles. The van der Waals surface area contributed by atoms with Gasteiger partial charge in [-0.2, -0.15) is 11.8 Å². The van der Waals surface area contributed by atoms with E-state index in [-0.39, 0.29) is 5.91 Å². The fourth-order valence-electron chi connectivity index (χ4n) is 2.23. The zero-order valence-corrected chi connectivity index (χ0v) is 15.4. The lowest BCUT2D eigenvalue weighted by Crippen LogP contribution is -2.37. The molecule has 1 unspecified atom stereocenters. The van der Waals surface area contributed by atoms with Crippen LogP contribution in [0.3, 0.4) is 0 Å². The van der Waals surface area contributed by atoms with Gasteiger partial charge in [0.2, 0.25) is 0 Å². The van der Waals surface area contributed by atoms with Crippen molar-refractivity contribution < 1.29 is 9.53 Å². The van der Waals surface area contributed by atoms with Crippen molar-refractivity contribution in [2.45, 2.75) is 32.6 Å². The quantitative estimate of drug-likeness (QED) is 0.733. The van der Waals surface area contributed by atoms with Crippen LogP contribution in [0, 0.1) is 13.8 Å². The minimum absolute atomic E-state index is 0.0729. The van der Waals surface area contributed by atoms with Gasteiger partial charge in [0.25, 0.3) is 5.91 Å². The number of carbonyl (C=O) groups excluding carboxylic acids is 1. The van der Waals surface area contributed by atoms with Gasteiger partial charge in [-0.05, 0) is 43.5 Å². The average Bonchev–Trinajstić information content (AvgIpc) is 2.58. The van der Waals surface area contributed by atoms with Crippen molar-refractivity contribution in [3.05, 3.63) is 65.2 Å². The Labute approximate surface area is 148 Å². The van der Waals surface area contributed by atoms with Crippen molar-refractivity contribution >= 4 is 17.7 Å². The van der Waals surface area contributed by atoms with Crippen LogP contribution in [-0.2, 0) is 10.5 Å². The van der Waals surface area contributed by atoms with E-state index in [2.05, 4.69) is 17.4 Å². The molecule has 2 aromatic rings. The van der Waals surface area contributed by atoms with E-state index in [0.717, 1.165) is 28.4 Å². The maximum absolute atomic E-state index is 12.1. The smallest absolute Gasteiger partial charge is 0.260 e. The molecule has 128 valence electrons. The van der Waals surface area contributed by atoms with Gasteiger partial charge in [0.1, 0.15) is 5.75 Å². The third-order valence-corrected chi connectivity index (χ3v) is 4.70. The highest BCUT2D eigenvalue weighted by Crippen LogP contribution is 2.20. The van der Waals surface area contributed by atoms with Gasteiger partial charge in [-0.3, -0.25) is 4.79 Å². The molecule has 0 saturated heterocycles. The summed E-state index contributed by atoms with van der Waals surface area (Å²) in [7, 11) is 0. The van der Waals surface area contributed by atoms with E-state index >= 15 is 0 Å². The number of ether oxygens (including phenoxy) is 1. The number of hydrogen-bond acceptors (Lipinski definition) is 3. The highest BCUT2D eigenvalue weighted by Gasteiger charge is 2.15. The van der Waals surface area contributed by atoms with Crippen molar-refractivity contribution in [1.82, 2.24) is 5.32 Å². The Morgan fingerprint density at radius 3 is 2.67 bits per heavy atom. The zero-order chi connectivity index (χ0) is 17.4. The second-order valence-electron chi connectivity index (χ2n) is 5.86. The molecule has 4 heteroatoms. The van der Waals surface area contributed by atoms with Crippen LogP contribution in [0.2, 0.25) is 0 Å². The summed E-state index contributed by atoms with van der Waals surface area (Å²) in [4.78, 5) is 12.1. The van der Waals surface area contributed by atoms with Crippen LogP contribution < -0.4 is 10.1 Å². The van der Waals surface area contributed by atoms with Gasteiger partial charge in [0, 0.05) is 18.1 Å². The molecule has 0 spiro atoms. The van der Waals surface area contributed by atoms with E-state index in [9.17, 15) is 4.79 Å². The summed E-state index contributed by atoms with van der Waals surface area (Å²) in [5, 5.41) is 2.94. The summed E-state index contributed by atoms with van der Waals surface area (Å²) >= 11 is 1.81. The van der Waals surface area contributed by atoms with Gasteiger partial charge in [0.15, 0.2) is 6.10 Å².